The molecule has 0 unspecified atom stereocenters. The summed E-state index contributed by atoms with van der Waals surface area (Å²) >= 11 is 0. The number of rotatable bonds is 3. The summed E-state index contributed by atoms with van der Waals surface area (Å²) in [7, 11) is 0. The number of hydrogen-bond donors (Lipinski definition) is 0. The van der Waals surface area contributed by atoms with E-state index in [1.165, 1.54) is 4.52 Å². The smallest absolute Gasteiger partial charge is 0.293 e. The minimum atomic E-state index is -0.159. The molecule has 138 valence electrons. The maximum Gasteiger partial charge on any atom is 0.293 e. The van der Waals surface area contributed by atoms with E-state index in [2.05, 4.69) is 28.9 Å². The van der Waals surface area contributed by atoms with Gasteiger partial charge in [-0.3, -0.25) is 9.59 Å². The second-order valence-corrected chi connectivity index (χ2v) is 7.94. The number of nitrogens with zero attached hydrogens (tertiary/aromatic N) is 6. The summed E-state index contributed by atoms with van der Waals surface area (Å²) in [6, 6.07) is 1.75. The van der Waals surface area contributed by atoms with E-state index in [1.54, 1.807) is 23.4 Å². The van der Waals surface area contributed by atoms with Gasteiger partial charge < -0.3 is 9.80 Å². The molecule has 2 fully saturated rings. The molecule has 2 aliphatic heterocycles. The topological polar surface area (TPSA) is 83.7 Å². The van der Waals surface area contributed by atoms with E-state index in [0.29, 0.717) is 31.2 Å². The first-order valence-corrected chi connectivity index (χ1v) is 9.20. The van der Waals surface area contributed by atoms with Crippen LogP contribution in [-0.4, -0.2) is 67.4 Å². The van der Waals surface area contributed by atoms with Crippen LogP contribution in [0.2, 0.25) is 0 Å². The summed E-state index contributed by atoms with van der Waals surface area (Å²) in [5, 5.41) is 4.22. The van der Waals surface area contributed by atoms with Crippen LogP contribution in [-0.2, 0) is 4.79 Å². The summed E-state index contributed by atoms with van der Waals surface area (Å²) in [5.41, 5.74) is 0.0245. The van der Waals surface area contributed by atoms with Crippen LogP contribution in [0.4, 0.5) is 0 Å². The van der Waals surface area contributed by atoms with E-state index in [9.17, 15) is 9.59 Å². The summed E-state index contributed by atoms with van der Waals surface area (Å²) in [4.78, 5) is 37.2. The van der Waals surface area contributed by atoms with Crippen LogP contribution in [0.25, 0.3) is 5.78 Å². The second-order valence-electron chi connectivity index (χ2n) is 7.94. The highest BCUT2D eigenvalue weighted by Crippen LogP contribution is 2.41. The fourth-order valence-electron chi connectivity index (χ4n) is 4.07. The van der Waals surface area contributed by atoms with Crippen molar-refractivity contribution in [3.8, 4) is 0 Å². The predicted molar refractivity (Wildman–Crippen MR) is 94.4 cm³/mol. The number of hydrogen-bond acceptors (Lipinski definition) is 5. The summed E-state index contributed by atoms with van der Waals surface area (Å²) < 4.78 is 1.51. The largest absolute Gasteiger partial charge is 0.342 e. The Morgan fingerprint density at radius 2 is 2.08 bits per heavy atom. The van der Waals surface area contributed by atoms with E-state index < -0.39 is 0 Å². The fraction of sp³-hybridized carbons (Fsp3) is 0.611. The molecule has 0 atom stereocenters. The zero-order valence-corrected chi connectivity index (χ0v) is 15.3. The van der Waals surface area contributed by atoms with E-state index in [0.717, 1.165) is 25.9 Å². The Morgan fingerprint density at radius 3 is 2.77 bits per heavy atom. The first-order valence-electron chi connectivity index (χ1n) is 9.20. The number of carbonyl (C=O) groups is 2. The Morgan fingerprint density at radius 1 is 1.31 bits per heavy atom. The number of amides is 2. The van der Waals surface area contributed by atoms with Gasteiger partial charge in [0.15, 0.2) is 0 Å². The van der Waals surface area contributed by atoms with E-state index in [1.807, 2.05) is 4.90 Å². The van der Waals surface area contributed by atoms with Gasteiger partial charge in [0, 0.05) is 50.4 Å². The summed E-state index contributed by atoms with van der Waals surface area (Å²) in [5.74, 6) is 1.18. The molecule has 2 saturated heterocycles. The summed E-state index contributed by atoms with van der Waals surface area (Å²) in [6.07, 6.45) is 5.67. The predicted octanol–water partition coefficient (Wildman–Crippen LogP) is 1.23. The van der Waals surface area contributed by atoms with Crippen molar-refractivity contribution in [3.63, 3.8) is 0 Å². The average molecular weight is 356 g/mol. The number of likely N-dealkylation sites (tertiary alicyclic amines) is 2. The van der Waals surface area contributed by atoms with Crippen molar-refractivity contribution < 1.29 is 9.59 Å². The third kappa shape index (κ3) is 3.04. The molecule has 4 heterocycles. The zero-order valence-electron chi connectivity index (χ0n) is 15.3. The Balaban J connectivity index is 1.42. The lowest BCUT2D eigenvalue weighted by Crippen LogP contribution is -2.44. The third-order valence-electron chi connectivity index (χ3n) is 5.41. The van der Waals surface area contributed by atoms with Gasteiger partial charge in [0.05, 0.1) is 0 Å². The van der Waals surface area contributed by atoms with Crippen molar-refractivity contribution in [2.24, 2.45) is 11.3 Å². The van der Waals surface area contributed by atoms with Gasteiger partial charge in [0.2, 0.25) is 11.7 Å². The Labute approximate surface area is 152 Å². The normalized spacial score (nSPS) is 19.9. The molecule has 2 aliphatic rings. The molecule has 1 spiro atoms. The Bertz CT molecular complexity index is 804. The maximum absolute atomic E-state index is 12.7. The SMILES string of the molecule is CC(C)CN1CC2(CCN(C(=O)c3nc4ncccn4n3)CC2)CC1=O. The first-order chi connectivity index (χ1) is 12.5. The highest BCUT2D eigenvalue weighted by molar-refractivity contribution is 5.91. The lowest BCUT2D eigenvalue weighted by atomic mass is 9.77. The minimum absolute atomic E-state index is 0.0245. The van der Waals surface area contributed by atoms with Gasteiger partial charge in [-0.1, -0.05) is 13.8 Å². The van der Waals surface area contributed by atoms with Crippen molar-refractivity contribution in [2.45, 2.75) is 33.1 Å². The molecular formula is C18H24N6O2. The molecule has 0 saturated carbocycles. The van der Waals surface area contributed by atoms with Crippen molar-refractivity contribution in [2.75, 3.05) is 26.2 Å². The lowest BCUT2D eigenvalue weighted by molar-refractivity contribution is -0.128. The van der Waals surface area contributed by atoms with E-state index in [-0.39, 0.29) is 23.1 Å². The molecule has 0 bridgehead atoms. The van der Waals surface area contributed by atoms with Crippen molar-refractivity contribution in [1.29, 1.82) is 0 Å². The molecule has 8 nitrogen and oxygen atoms in total. The van der Waals surface area contributed by atoms with Crippen molar-refractivity contribution in [1.82, 2.24) is 29.4 Å². The third-order valence-corrected chi connectivity index (χ3v) is 5.41. The van der Waals surface area contributed by atoms with Gasteiger partial charge in [-0.25, -0.2) is 9.50 Å². The van der Waals surface area contributed by atoms with Crippen molar-refractivity contribution in [3.05, 3.63) is 24.3 Å². The van der Waals surface area contributed by atoms with Crippen LogP contribution in [0.15, 0.2) is 18.5 Å². The fourth-order valence-corrected chi connectivity index (χ4v) is 4.07. The van der Waals surface area contributed by atoms with Gasteiger partial charge >= 0.3 is 0 Å². The zero-order chi connectivity index (χ0) is 18.3. The molecule has 0 aromatic carbocycles. The van der Waals surface area contributed by atoms with Gasteiger partial charge in [-0.05, 0) is 24.8 Å². The van der Waals surface area contributed by atoms with Gasteiger partial charge in [0.1, 0.15) is 0 Å². The molecule has 0 radical (unpaired) electrons. The number of aromatic nitrogens is 4. The standard InChI is InChI=1S/C18H24N6O2/c1-13(2)11-23-12-18(10-14(23)25)4-8-22(9-5-18)16(26)15-20-17-19-6-3-7-24(17)21-15/h3,6-7,13H,4-5,8-12H2,1-2H3. The van der Waals surface area contributed by atoms with Gasteiger partial charge in [0.25, 0.3) is 11.7 Å². The molecule has 2 aromatic rings. The second kappa shape index (κ2) is 6.34. The molecule has 2 amide bonds. The quantitative estimate of drug-likeness (QED) is 0.826. The van der Waals surface area contributed by atoms with E-state index in [4.69, 9.17) is 0 Å². The molecule has 8 heteroatoms. The van der Waals surface area contributed by atoms with Gasteiger partial charge in [-0.15, -0.1) is 5.10 Å². The highest BCUT2D eigenvalue weighted by Gasteiger charge is 2.45. The van der Waals surface area contributed by atoms with E-state index >= 15 is 0 Å². The molecule has 4 rings (SSSR count). The Hall–Kier alpha value is -2.51. The Kier molecular flexibility index (Phi) is 4.13. The summed E-state index contributed by atoms with van der Waals surface area (Å²) in [6.45, 7) is 7.20. The highest BCUT2D eigenvalue weighted by atomic mass is 16.2. The molecule has 2 aromatic heterocycles. The van der Waals surface area contributed by atoms with Crippen LogP contribution in [0.3, 0.4) is 0 Å². The molecular weight excluding hydrogens is 332 g/mol. The monoisotopic (exact) mass is 356 g/mol. The number of fused-ring (bicyclic) bond motifs is 1. The number of piperidine rings is 1. The molecule has 26 heavy (non-hydrogen) atoms. The lowest BCUT2D eigenvalue weighted by Gasteiger charge is -2.38. The van der Waals surface area contributed by atoms with Crippen LogP contribution in [0.5, 0.6) is 0 Å². The molecule has 0 aliphatic carbocycles. The minimum Gasteiger partial charge on any atom is -0.342 e. The molecule has 0 N–H and O–H groups in total. The van der Waals surface area contributed by atoms with Crippen LogP contribution in [0, 0.1) is 11.3 Å². The van der Waals surface area contributed by atoms with Crippen LogP contribution in [0.1, 0.15) is 43.7 Å². The number of carbonyl (C=O) groups excluding carboxylic acids is 2. The van der Waals surface area contributed by atoms with Crippen LogP contribution < -0.4 is 0 Å². The van der Waals surface area contributed by atoms with Crippen LogP contribution >= 0.6 is 0 Å². The van der Waals surface area contributed by atoms with Gasteiger partial charge in [-0.2, -0.15) is 4.98 Å². The maximum atomic E-state index is 12.7. The van der Waals surface area contributed by atoms with Crippen molar-refractivity contribution >= 4 is 17.6 Å². The average Bonchev–Trinajstić information content (AvgIpc) is 3.16. The first kappa shape index (κ1) is 16.9.